The molecule has 0 aliphatic carbocycles. The highest BCUT2D eigenvalue weighted by molar-refractivity contribution is 5.95. The van der Waals surface area contributed by atoms with Gasteiger partial charge in [0.25, 0.3) is 5.91 Å². The summed E-state index contributed by atoms with van der Waals surface area (Å²) in [5.41, 5.74) is 1.80. The van der Waals surface area contributed by atoms with Crippen LogP contribution in [0.5, 0.6) is 0 Å². The van der Waals surface area contributed by atoms with Crippen molar-refractivity contribution in [2.45, 2.75) is 26.3 Å². The van der Waals surface area contributed by atoms with Crippen molar-refractivity contribution in [3.63, 3.8) is 0 Å². The molecule has 1 aromatic heterocycles. The van der Waals surface area contributed by atoms with Gasteiger partial charge in [-0.1, -0.05) is 32.0 Å². The van der Waals surface area contributed by atoms with Crippen molar-refractivity contribution in [2.75, 3.05) is 0 Å². The molecular formula is C15H17NO2. The van der Waals surface area contributed by atoms with Gasteiger partial charge >= 0.3 is 0 Å². The first kappa shape index (κ1) is 12.4. The van der Waals surface area contributed by atoms with Gasteiger partial charge in [0.15, 0.2) is 0 Å². The number of hydrogen-bond acceptors (Lipinski definition) is 2. The van der Waals surface area contributed by atoms with E-state index in [0.717, 1.165) is 16.9 Å². The number of hydrogen-bond donors (Lipinski definition) is 1. The van der Waals surface area contributed by atoms with Crippen molar-refractivity contribution < 1.29 is 9.21 Å². The Hall–Kier alpha value is -2.03. The number of benzene rings is 1. The van der Waals surface area contributed by atoms with Crippen molar-refractivity contribution in [3.8, 4) is 0 Å². The number of carbonyl (C=O) groups is 1. The second-order valence-electron chi connectivity index (χ2n) is 4.50. The quantitative estimate of drug-likeness (QED) is 0.895. The molecule has 2 aromatic rings. The Bertz CT molecular complexity index is 515. The summed E-state index contributed by atoms with van der Waals surface area (Å²) < 4.78 is 5.18. The maximum absolute atomic E-state index is 12.1. The fraction of sp³-hybridized carbons (Fsp3) is 0.267. The van der Waals surface area contributed by atoms with Crippen LogP contribution in [0, 0.1) is 0 Å². The second kappa shape index (κ2) is 5.54. The minimum atomic E-state index is -0.0595. The summed E-state index contributed by atoms with van der Waals surface area (Å²) in [5.74, 6) is 1.02. The van der Waals surface area contributed by atoms with Gasteiger partial charge in [0, 0.05) is 5.56 Å². The van der Waals surface area contributed by atoms with E-state index in [0.29, 0.717) is 12.5 Å². The van der Waals surface area contributed by atoms with Gasteiger partial charge in [-0.3, -0.25) is 4.79 Å². The van der Waals surface area contributed by atoms with Crippen LogP contribution in [0.25, 0.3) is 0 Å². The average Bonchev–Trinajstić information content (AvgIpc) is 2.89. The van der Waals surface area contributed by atoms with E-state index >= 15 is 0 Å². The first-order valence-corrected chi connectivity index (χ1v) is 6.08. The maximum atomic E-state index is 12.1. The molecule has 3 heteroatoms. The van der Waals surface area contributed by atoms with Crippen molar-refractivity contribution in [1.29, 1.82) is 0 Å². The molecule has 0 bridgehead atoms. The first-order chi connectivity index (χ1) is 8.68. The molecule has 0 radical (unpaired) electrons. The van der Waals surface area contributed by atoms with E-state index in [9.17, 15) is 4.79 Å². The van der Waals surface area contributed by atoms with Gasteiger partial charge in [-0.25, -0.2) is 0 Å². The molecular weight excluding hydrogens is 226 g/mol. The molecule has 1 heterocycles. The van der Waals surface area contributed by atoms with Crippen LogP contribution in [0.1, 0.15) is 41.4 Å². The fourth-order valence-corrected chi connectivity index (χ4v) is 1.88. The van der Waals surface area contributed by atoms with Gasteiger partial charge in [0.1, 0.15) is 5.76 Å². The fourth-order valence-electron chi connectivity index (χ4n) is 1.88. The standard InChI is InChI=1S/C15H17NO2/c1-11(2)13-7-3-4-8-14(13)15(17)16-10-12-6-5-9-18-12/h3-9,11H,10H2,1-2H3,(H,16,17). The highest BCUT2D eigenvalue weighted by Crippen LogP contribution is 2.19. The number of carbonyl (C=O) groups excluding carboxylic acids is 1. The molecule has 1 aromatic carbocycles. The summed E-state index contributed by atoms with van der Waals surface area (Å²) in [7, 11) is 0. The highest BCUT2D eigenvalue weighted by atomic mass is 16.3. The van der Waals surface area contributed by atoms with Crippen LogP contribution in [0.3, 0.4) is 0 Å². The van der Waals surface area contributed by atoms with Crippen LogP contribution in [0.2, 0.25) is 0 Å². The smallest absolute Gasteiger partial charge is 0.251 e. The van der Waals surface area contributed by atoms with Gasteiger partial charge < -0.3 is 9.73 Å². The maximum Gasteiger partial charge on any atom is 0.251 e. The Morgan fingerprint density at radius 3 is 2.67 bits per heavy atom. The van der Waals surface area contributed by atoms with E-state index in [1.54, 1.807) is 6.26 Å². The van der Waals surface area contributed by atoms with Crippen molar-refractivity contribution in [3.05, 3.63) is 59.5 Å². The number of furan rings is 1. The Labute approximate surface area is 107 Å². The molecule has 0 unspecified atom stereocenters. The SMILES string of the molecule is CC(C)c1ccccc1C(=O)NCc1ccco1. The molecule has 0 atom stereocenters. The minimum Gasteiger partial charge on any atom is -0.467 e. The second-order valence-corrected chi connectivity index (χ2v) is 4.50. The zero-order valence-corrected chi connectivity index (χ0v) is 10.6. The largest absolute Gasteiger partial charge is 0.467 e. The number of nitrogens with one attached hydrogen (secondary N) is 1. The molecule has 0 aliphatic rings. The Balaban J connectivity index is 2.09. The van der Waals surface area contributed by atoms with E-state index in [1.165, 1.54) is 0 Å². The minimum absolute atomic E-state index is 0.0595. The van der Waals surface area contributed by atoms with Gasteiger partial charge in [-0.2, -0.15) is 0 Å². The molecule has 18 heavy (non-hydrogen) atoms. The zero-order chi connectivity index (χ0) is 13.0. The molecule has 94 valence electrons. The zero-order valence-electron chi connectivity index (χ0n) is 10.6. The van der Waals surface area contributed by atoms with Gasteiger partial charge in [-0.15, -0.1) is 0 Å². The lowest BCUT2D eigenvalue weighted by Gasteiger charge is -2.12. The van der Waals surface area contributed by atoms with E-state index in [1.807, 2.05) is 36.4 Å². The lowest BCUT2D eigenvalue weighted by molar-refractivity contribution is 0.0946. The van der Waals surface area contributed by atoms with Gasteiger partial charge in [0.05, 0.1) is 12.8 Å². The number of rotatable bonds is 4. The molecule has 0 saturated heterocycles. The third-order valence-corrected chi connectivity index (χ3v) is 2.83. The Morgan fingerprint density at radius 2 is 2.00 bits per heavy atom. The summed E-state index contributed by atoms with van der Waals surface area (Å²) in [6.45, 7) is 4.58. The molecule has 0 spiro atoms. The lowest BCUT2D eigenvalue weighted by atomic mass is 9.97. The van der Waals surface area contributed by atoms with Crippen molar-refractivity contribution in [1.82, 2.24) is 5.32 Å². The monoisotopic (exact) mass is 243 g/mol. The summed E-state index contributed by atoms with van der Waals surface area (Å²) in [5, 5.41) is 2.86. The van der Waals surface area contributed by atoms with Gasteiger partial charge in [0.2, 0.25) is 0 Å². The normalized spacial score (nSPS) is 10.6. The van der Waals surface area contributed by atoms with Gasteiger partial charge in [-0.05, 0) is 29.7 Å². The van der Waals surface area contributed by atoms with E-state index in [4.69, 9.17) is 4.42 Å². The summed E-state index contributed by atoms with van der Waals surface area (Å²) in [4.78, 5) is 12.1. The summed E-state index contributed by atoms with van der Waals surface area (Å²) in [6.07, 6.45) is 1.60. The topological polar surface area (TPSA) is 42.2 Å². The molecule has 0 saturated carbocycles. The van der Waals surface area contributed by atoms with E-state index < -0.39 is 0 Å². The van der Waals surface area contributed by atoms with Crippen LogP contribution in [-0.4, -0.2) is 5.91 Å². The first-order valence-electron chi connectivity index (χ1n) is 6.08. The Morgan fingerprint density at radius 1 is 1.22 bits per heavy atom. The highest BCUT2D eigenvalue weighted by Gasteiger charge is 2.12. The molecule has 3 nitrogen and oxygen atoms in total. The van der Waals surface area contributed by atoms with Crippen LogP contribution >= 0.6 is 0 Å². The molecule has 0 aliphatic heterocycles. The van der Waals surface area contributed by atoms with E-state index in [-0.39, 0.29) is 5.91 Å². The molecule has 0 fully saturated rings. The Kier molecular flexibility index (Phi) is 3.82. The number of amides is 1. The predicted molar refractivity (Wildman–Crippen MR) is 70.4 cm³/mol. The third kappa shape index (κ3) is 2.80. The summed E-state index contributed by atoms with van der Waals surface area (Å²) in [6, 6.07) is 11.3. The summed E-state index contributed by atoms with van der Waals surface area (Å²) >= 11 is 0. The predicted octanol–water partition coefficient (Wildman–Crippen LogP) is 3.33. The van der Waals surface area contributed by atoms with Crippen molar-refractivity contribution >= 4 is 5.91 Å². The van der Waals surface area contributed by atoms with Crippen LogP contribution < -0.4 is 5.32 Å². The van der Waals surface area contributed by atoms with Crippen LogP contribution in [-0.2, 0) is 6.54 Å². The lowest BCUT2D eigenvalue weighted by Crippen LogP contribution is -2.24. The van der Waals surface area contributed by atoms with Crippen LogP contribution in [0.4, 0.5) is 0 Å². The average molecular weight is 243 g/mol. The molecule has 1 N–H and O–H groups in total. The van der Waals surface area contributed by atoms with E-state index in [2.05, 4.69) is 19.2 Å². The molecule has 1 amide bonds. The molecule has 2 rings (SSSR count). The van der Waals surface area contributed by atoms with Crippen molar-refractivity contribution in [2.24, 2.45) is 0 Å². The van der Waals surface area contributed by atoms with Crippen LogP contribution in [0.15, 0.2) is 47.1 Å². The third-order valence-electron chi connectivity index (χ3n) is 2.83.